The summed E-state index contributed by atoms with van der Waals surface area (Å²) in [7, 11) is 2.01. The van der Waals surface area contributed by atoms with Crippen molar-refractivity contribution in [2.45, 2.75) is 25.6 Å². The summed E-state index contributed by atoms with van der Waals surface area (Å²) in [5, 5.41) is 3.30. The highest BCUT2D eigenvalue weighted by molar-refractivity contribution is 5.30. The molecule has 0 amide bonds. The van der Waals surface area contributed by atoms with Crippen LogP contribution < -0.4 is 5.32 Å². The fourth-order valence-electron chi connectivity index (χ4n) is 2.86. The van der Waals surface area contributed by atoms with Crippen LogP contribution in [0.15, 0.2) is 42.7 Å². The molecule has 1 aliphatic rings. The molecule has 3 rings (SSSR count). The van der Waals surface area contributed by atoms with Crippen LogP contribution in [0.3, 0.4) is 0 Å². The molecule has 2 heterocycles. The van der Waals surface area contributed by atoms with Gasteiger partial charge in [-0.2, -0.15) is 0 Å². The maximum absolute atomic E-state index is 4.35. The zero-order valence-corrected chi connectivity index (χ0v) is 11.8. The first-order valence-electron chi connectivity index (χ1n) is 7.08. The van der Waals surface area contributed by atoms with Crippen LogP contribution in [0.1, 0.15) is 17.0 Å². The largest absolute Gasteiger partial charge is 0.318 e. The van der Waals surface area contributed by atoms with Gasteiger partial charge in [0.2, 0.25) is 0 Å². The van der Waals surface area contributed by atoms with Crippen LogP contribution in [-0.4, -0.2) is 34.5 Å². The normalized spacial score (nSPS) is 18.8. The molecule has 0 saturated heterocycles. The minimum Gasteiger partial charge on any atom is -0.318 e. The minimum absolute atomic E-state index is 0.499. The van der Waals surface area contributed by atoms with E-state index in [9.17, 15) is 0 Å². The summed E-state index contributed by atoms with van der Waals surface area (Å²) in [6.45, 7) is 2.77. The van der Waals surface area contributed by atoms with Gasteiger partial charge in [-0.15, -0.1) is 0 Å². The van der Waals surface area contributed by atoms with Gasteiger partial charge in [-0.1, -0.05) is 24.3 Å². The molecule has 1 unspecified atom stereocenters. The highest BCUT2D eigenvalue weighted by atomic mass is 15.2. The van der Waals surface area contributed by atoms with E-state index in [4.69, 9.17) is 0 Å². The molecule has 0 saturated carbocycles. The van der Waals surface area contributed by atoms with E-state index in [1.54, 1.807) is 0 Å². The van der Waals surface area contributed by atoms with Crippen molar-refractivity contribution in [2.24, 2.45) is 0 Å². The molecule has 20 heavy (non-hydrogen) atoms. The number of nitrogens with zero attached hydrogens (tertiary/aromatic N) is 3. The number of hydrogen-bond donors (Lipinski definition) is 1. The Bertz CT molecular complexity index is 555. The van der Waals surface area contributed by atoms with Crippen molar-refractivity contribution in [1.29, 1.82) is 0 Å². The molecule has 0 bridgehead atoms. The Kier molecular flexibility index (Phi) is 4.04. The van der Waals surface area contributed by atoms with Gasteiger partial charge in [-0.3, -0.25) is 4.90 Å². The molecule has 1 atom stereocenters. The molecule has 0 fully saturated rings. The lowest BCUT2D eigenvalue weighted by Crippen LogP contribution is -2.45. The molecule has 104 valence electrons. The standard InChI is InChI=1S/C16H20N4/c1-17-10-15-9-13-5-2-3-6-14(13)11-20(15)12-16-18-7-4-8-19-16/h2-8,15,17H,9-12H2,1H3. The molecule has 2 aromatic rings. The number of benzene rings is 1. The van der Waals surface area contributed by atoms with E-state index in [1.807, 2.05) is 25.5 Å². The van der Waals surface area contributed by atoms with E-state index < -0.39 is 0 Å². The topological polar surface area (TPSA) is 41.0 Å². The van der Waals surface area contributed by atoms with E-state index in [0.717, 1.165) is 31.9 Å². The van der Waals surface area contributed by atoms with Gasteiger partial charge in [0.1, 0.15) is 5.82 Å². The summed E-state index contributed by atoms with van der Waals surface area (Å²) < 4.78 is 0. The maximum atomic E-state index is 4.35. The van der Waals surface area contributed by atoms with E-state index in [2.05, 4.69) is 44.5 Å². The van der Waals surface area contributed by atoms with E-state index in [1.165, 1.54) is 11.1 Å². The fraction of sp³-hybridized carbons (Fsp3) is 0.375. The zero-order valence-electron chi connectivity index (χ0n) is 11.8. The number of aromatic nitrogens is 2. The number of nitrogens with one attached hydrogen (secondary N) is 1. The van der Waals surface area contributed by atoms with Crippen molar-refractivity contribution < 1.29 is 0 Å². The molecular formula is C16H20N4. The van der Waals surface area contributed by atoms with Gasteiger partial charge >= 0.3 is 0 Å². The lowest BCUT2D eigenvalue weighted by atomic mass is 9.94. The minimum atomic E-state index is 0.499. The maximum Gasteiger partial charge on any atom is 0.142 e. The summed E-state index contributed by atoms with van der Waals surface area (Å²) in [6, 6.07) is 11.1. The lowest BCUT2D eigenvalue weighted by molar-refractivity contribution is 0.157. The van der Waals surface area contributed by atoms with E-state index >= 15 is 0 Å². The Morgan fingerprint density at radius 2 is 1.90 bits per heavy atom. The summed E-state index contributed by atoms with van der Waals surface area (Å²) in [4.78, 5) is 11.2. The van der Waals surface area contributed by atoms with Crippen LogP contribution in [-0.2, 0) is 19.5 Å². The summed E-state index contributed by atoms with van der Waals surface area (Å²) in [5.74, 6) is 0.896. The zero-order chi connectivity index (χ0) is 13.8. The summed E-state index contributed by atoms with van der Waals surface area (Å²) >= 11 is 0. The predicted octanol–water partition coefficient (Wildman–Crippen LogP) is 1.62. The first kappa shape index (κ1) is 13.2. The first-order chi connectivity index (χ1) is 9.86. The summed E-state index contributed by atoms with van der Waals surface area (Å²) in [6.07, 6.45) is 4.71. The number of rotatable bonds is 4. The van der Waals surface area contributed by atoms with Gasteiger partial charge in [-0.05, 0) is 30.7 Å². The van der Waals surface area contributed by atoms with Gasteiger partial charge in [0, 0.05) is 31.5 Å². The van der Waals surface area contributed by atoms with E-state index in [-0.39, 0.29) is 0 Å². The highest BCUT2D eigenvalue weighted by Crippen LogP contribution is 2.23. The van der Waals surface area contributed by atoms with E-state index in [0.29, 0.717) is 6.04 Å². The van der Waals surface area contributed by atoms with Crippen molar-refractivity contribution in [2.75, 3.05) is 13.6 Å². The molecular weight excluding hydrogens is 248 g/mol. The number of likely N-dealkylation sites (N-methyl/N-ethyl adjacent to an activating group) is 1. The lowest BCUT2D eigenvalue weighted by Gasteiger charge is -2.36. The Balaban J connectivity index is 1.81. The van der Waals surface area contributed by atoms with Crippen molar-refractivity contribution in [3.8, 4) is 0 Å². The molecule has 0 aliphatic carbocycles. The van der Waals surface area contributed by atoms with Gasteiger partial charge in [0.25, 0.3) is 0 Å². The monoisotopic (exact) mass is 268 g/mol. The predicted molar refractivity (Wildman–Crippen MR) is 79.1 cm³/mol. The molecule has 1 N–H and O–H groups in total. The van der Waals surface area contributed by atoms with Crippen LogP contribution in [0.5, 0.6) is 0 Å². The SMILES string of the molecule is CNCC1Cc2ccccc2CN1Cc1ncccn1. The Labute approximate surface area is 119 Å². The van der Waals surface area contributed by atoms with Crippen LogP contribution in [0.25, 0.3) is 0 Å². The van der Waals surface area contributed by atoms with Crippen molar-refractivity contribution >= 4 is 0 Å². The molecule has 4 heteroatoms. The second-order valence-corrected chi connectivity index (χ2v) is 5.25. The molecule has 1 aliphatic heterocycles. The smallest absolute Gasteiger partial charge is 0.142 e. The average molecular weight is 268 g/mol. The van der Waals surface area contributed by atoms with Crippen molar-refractivity contribution in [1.82, 2.24) is 20.2 Å². The van der Waals surface area contributed by atoms with Gasteiger partial charge < -0.3 is 5.32 Å². The first-order valence-corrected chi connectivity index (χ1v) is 7.08. The van der Waals surface area contributed by atoms with Crippen molar-refractivity contribution in [3.63, 3.8) is 0 Å². The Hall–Kier alpha value is -1.78. The third-order valence-electron chi connectivity index (χ3n) is 3.87. The van der Waals surface area contributed by atoms with Crippen molar-refractivity contribution in [3.05, 3.63) is 59.7 Å². The Morgan fingerprint density at radius 1 is 1.15 bits per heavy atom. The summed E-state index contributed by atoms with van der Waals surface area (Å²) in [5.41, 5.74) is 2.90. The van der Waals surface area contributed by atoms with Crippen LogP contribution >= 0.6 is 0 Å². The number of fused-ring (bicyclic) bond motifs is 1. The number of hydrogen-bond acceptors (Lipinski definition) is 4. The molecule has 4 nitrogen and oxygen atoms in total. The van der Waals surface area contributed by atoms with Crippen LogP contribution in [0.4, 0.5) is 0 Å². The second-order valence-electron chi connectivity index (χ2n) is 5.25. The van der Waals surface area contributed by atoms with Gasteiger partial charge in [-0.25, -0.2) is 9.97 Å². The van der Waals surface area contributed by atoms with Crippen LogP contribution in [0.2, 0.25) is 0 Å². The molecule has 0 radical (unpaired) electrons. The third-order valence-corrected chi connectivity index (χ3v) is 3.87. The third kappa shape index (κ3) is 2.86. The van der Waals surface area contributed by atoms with Crippen LogP contribution in [0, 0.1) is 0 Å². The quantitative estimate of drug-likeness (QED) is 0.915. The van der Waals surface area contributed by atoms with Gasteiger partial charge in [0.05, 0.1) is 6.54 Å². The average Bonchev–Trinajstić information content (AvgIpc) is 2.49. The second kappa shape index (κ2) is 6.11. The molecule has 0 spiro atoms. The Morgan fingerprint density at radius 3 is 2.65 bits per heavy atom. The molecule has 1 aromatic heterocycles. The highest BCUT2D eigenvalue weighted by Gasteiger charge is 2.25. The molecule has 1 aromatic carbocycles. The fourth-order valence-corrected chi connectivity index (χ4v) is 2.86. The van der Waals surface area contributed by atoms with Gasteiger partial charge in [0.15, 0.2) is 0 Å².